The van der Waals surface area contributed by atoms with Crippen molar-refractivity contribution in [3.63, 3.8) is 0 Å². The molecule has 0 unspecified atom stereocenters. The van der Waals surface area contributed by atoms with E-state index >= 15 is 0 Å². The second kappa shape index (κ2) is 11.0. The Morgan fingerprint density at radius 2 is 1.74 bits per heavy atom. The van der Waals surface area contributed by atoms with E-state index in [0.29, 0.717) is 44.6 Å². The van der Waals surface area contributed by atoms with Crippen LogP contribution in [0.1, 0.15) is 11.1 Å². The van der Waals surface area contributed by atoms with Crippen LogP contribution in [0.15, 0.2) is 75.0 Å². The van der Waals surface area contributed by atoms with Gasteiger partial charge in [-0.05, 0) is 71.4 Å². The number of amides is 1. The number of ether oxygens (including phenoxy) is 3. The maximum Gasteiger partial charge on any atom is 0.264 e. The molecule has 4 rings (SSSR count). The van der Waals surface area contributed by atoms with Crippen molar-refractivity contribution in [2.45, 2.75) is 6.61 Å². The summed E-state index contributed by atoms with van der Waals surface area (Å²) < 4.78 is 17.8. The second-order valence-corrected chi connectivity index (χ2v) is 9.51. The fourth-order valence-corrected chi connectivity index (χ4v) is 4.39. The molecule has 3 aromatic rings. The minimum atomic E-state index is -0.237. The number of rotatable bonds is 7. The normalized spacial score (nSPS) is 15.5. The van der Waals surface area contributed by atoms with Gasteiger partial charge in [0, 0.05) is 9.50 Å². The van der Waals surface area contributed by atoms with Crippen LogP contribution in [-0.4, -0.2) is 25.3 Å². The minimum absolute atomic E-state index is 0.237. The highest BCUT2D eigenvalue weighted by Gasteiger charge is 2.24. The Bertz CT molecular complexity index is 1280. The quantitative estimate of drug-likeness (QED) is 0.331. The highest BCUT2D eigenvalue weighted by Crippen LogP contribution is 2.35. The zero-order chi connectivity index (χ0) is 24.1. The maximum absolute atomic E-state index is 12.5. The summed E-state index contributed by atoms with van der Waals surface area (Å²) >= 11 is 10.7. The summed E-state index contributed by atoms with van der Waals surface area (Å²) in [6.45, 7) is 0.412. The van der Waals surface area contributed by atoms with Crippen LogP contribution in [0.2, 0.25) is 5.02 Å². The van der Waals surface area contributed by atoms with Crippen LogP contribution >= 0.6 is 39.3 Å². The Hall–Kier alpha value is -2.94. The molecule has 0 aliphatic carbocycles. The van der Waals surface area contributed by atoms with Gasteiger partial charge in [0.2, 0.25) is 0 Å². The number of methoxy groups -OCH3 is 2. The average Bonchev–Trinajstić information content (AvgIpc) is 3.17. The molecule has 1 aliphatic rings. The van der Waals surface area contributed by atoms with Crippen molar-refractivity contribution in [1.29, 1.82) is 0 Å². The molecule has 1 aliphatic heterocycles. The van der Waals surface area contributed by atoms with Gasteiger partial charge in [0.15, 0.2) is 16.7 Å². The first-order valence-corrected chi connectivity index (χ1v) is 12.1. The number of amidine groups is 1. The first-order valence-electron chi connectivity index (χ1n) is 10.1. The van der Waals surface area contributed by atoms with E-state index in [0.717, 1.165) is 15.6 Å². The third kappa shape index (κ3) is 5.94. The molecule has 6 nitrogen and oxygen atoms in total. The molecule has 3 aromatic carbocycles. The van der Waals surface area contributed by atoms with Gasteiger partial charge in [-0.15, -0.1) is 0 Å². The van der Waals surface area contributed by atoms with Gasteiger partial charge in [0.1, 0.15) is 18.0 Å². The Kier molecular flexibility index (Phi) is 7.82. The Labute approximate surface area is 215 Å². The number of thioether (sulfide) groups is 1. The van der Waals surface area contributed by atoms with Gasteiger partial charge in [-0.25, -0.2) is 4.99 Å². The first kappa shape index (κ1) is 24.2. The van der Waals surface area contributed by atoms with E-state index in [2.05, 4.69) is 26.2 Å². The van der Waals surface area contributed by atoms with Gasteiger partial charge < -0.3 is 19.5 Å². The number of halogens is 2. The van der Waals surface area contributed by atoms with Crippen molar-refractivity contribution in [1.82, 2.24) is 5.32 Å². The van der Waals surface area contributed by atoms with E-state index in [1.807, 2.05) is 42.5 Å². The number of nitrogens with one attached hydrogen (secondary N) is 1. The number of benzene rings is 3. The van der Waals surface area contributed by atoms with Gasteiger partial charge in [-0.2, -0.15) is 0 Å². The number of aliphatic imine (C=N–C) groups is 1. The van der Waals surface area contributed by atoms with Crippen molar-refractivity contribution < 1.29 is 19.0 Å². The largest absolute Gasteiger partial charge is 0.494 e. The summed E-state index contributed by atoms with van der Waals surface area (Å²) in [5.41, 5.74) is 2.37. The summed E-state index contributed by atoms with van der Waals surface area (Å²) in [6, 6.07) is 18.6. The van der Waals surface area contributed by atoms with Crippen molar-refractivity contribution in [2.75, 3.05) is 14.2 Å². The molecule has 1 saturated heterocycles. The van der Waals surface area contributed by atoms with Crippen molar-refractivity contribution in [2.24, 2.45) is 4.99 Å². The van der Waals surface area contributed by atoms with Crippen LogP contribution in [0.4, 0.5) is 5.69 Å². The van der Waals surface area contributed by atoms with Crippen LogP contribution in [0.25, 0.3) is 6.08 Å². The van der Waals surface area contributed by atoms with Gasteiger partial charge in [-0.3, -0.25) is 4.79 Å². The SMILES string of the molecule is COc1ccc(Cl)cc1N=C1NC(=O)/C(=C/c2ccc(OCc3ccc(Br)cc3)c(OC)c2)S1. The van der Waals surface area contributed by atoms with Gasteiger partial charge >= 0.3 is 0 Å². The zero-order valence-electron chi connectivity index (χ0n) is 18.3. The lowest BCUT2D eigenvalue weighted by molar-refractivity contribution is -0.115. The predicted octanol–water partition coefficient (Wildman–Crippen LogP) is 6.59. The molecule has 34 heavy (non-hydrogen) atoms. The van der Waals surface area contributed by atoms with Crippen molar-refractivity contribution in [3.8, 4) is 17.2 Å². The molecule has 1 N–H and O–H groups in total. The van der Waals surface area contributed by atoms with E-state index in [4.69, 9.17) is 25.8 Å². The molecular formula is C25H20BrClN2O4S. The van der Waals surface area contributed by atoms with Crippen LogP contribution in [0, 0.1) is 0 Å². The van der Waals surface area contributed by atoms with Gasteiger partial charge in [0.05, 0.1) is 19.1 Å². The molecule has 0 aromatic heterocycles. The Morgan fingerprint density at radius 1 is 1.00 bits per heavy atom. The molecule has 1 heterocycles. The lowest BCUT2D eigenvalue weighted by Gasteiger charge is -2.11. The maximum atomic E-state index is 12.5. The monoisotopic (exact) mass is 558 g/mol. The summed E-state index contributed by atoms with van der Waals surface area (Å²) in [4.78, 5) is 17.5. The van der Waals surface area contributed by atoms with E-state index in [-0.39, 0.29) is 5.91 Å². The minimum Gasteiger partial charge on any atom is -0.494 e. The lowest BCUT2D eigenvalue weighted by Crippen LogP contribution is -2.19. The van der Waals surface area contributed by atoms with Crippen LogP contribution in [0.5, 0.6) is 17.2 Å². The highest BCUT2D eigenvalue weighted by atomic mass is 79.9. The number of carbonyl (C=O) groups excluding carboxylic acids is 1. The van der Waals surface area contributed by atoms with Crippen molar-refractivity contribution >= 4 is 62.1 Å². The van der Waals surface area contributed by atoms with E-state index in [1.165, 1.54) is 11.8 Å². The standard InChI is InChI=1S/C25H20BrClN2O4S/c1-31-20-10-8-18(27)13-19(20)28-25-29-24(30)23(34-25)12-16-5-9-21(22(11-16)32-2)33-14-15-3-6-17(26)7-4-15/h3-13H,14H2,1-2H3,(H,28,29,30)/b23-12-. The van der Waals surface area contributed by atoms with Crippen molar-refractivity contribution in [3.05, 3.63) is 86.2 Å². The molecule has 174 valence electrons. The fourth-order valence-electron chi connectivity index (χ4n) is 3.13. The number of carbonyl (C=O) groups is 1. The molecule has 1 amide bonds. The fraction of sp³-hybridized carbons (Fsp3) is 0.120. The first-order chi connectivity index (χ1) is 16.4. The van der Waals surface area contributed by atoms with E-state index in [9.17, 15) is 4.79 Å². The van der Waals surface area contributed by atoms with Crippen LogP contribution < -0.4 is 19.5 Å². The summed E-state index contributed by atoms with van der Waals surface area (Å²) in [5.74, 6) is 1.52. The topological polar surface area (TPSA) is 69.2 Å². The number of hydrogen-bond acceptors (Lipinski definition) is 6. The highest BCUT2D eigenvalue weighted by molar-refractivity contribution is 9.10. The molecule has 0 spiro atoms. The second-order valence-electron chi connectivity index (χ2n) is 7.12. The molecule has 0 bridgehead atoms. The molecular weight excluding hydrogens is 540 g/mol. The molecule has 0 radical (unpaired) electrons. The summed E-state index contributed by atoms with van der Waals surface area (Å²) in [6.07, 6.45) is 1.78. The zero-order valence-corrected chi connectivity index (χ0v) is 21.5. The van der Waals surface area contributed by atoms with E-state index in [1.54, 1.807) is 38.5 Å². The number of hydrogen-bond donors (Lipinski definition) is 1. The summed E-state index contributed by atoms with van der Waals surface area (Å²) in [5, 5.41) is 3.74. The van der Waals surface area contributed by atoms with Gasteiger partial charge in [-0.1, -0.05) is 45.7 Å². The van der Waals surface area contributed by atoms with Crippen LogP contribution in [0.3, 0.4) is 0 Å². The molecule has 1 fully saturated rings. The Morgan fingerprint density at radius 3 is 2.47 bits per heavy atom. The molecule has 0 saturated carbocycles. The lowest BCUT2D eigenvalue weighted by atomic mass is 10.2. The van der Waals surface area contributed by atoms with E-state index < -0.39 is 0 Å². The Balaban J connectivity index is 1.50. The smallest absolute Gasteiger partial charge is 0.264 e. The third-order valence-electron chi connectivity index (χ3n) is 4.81. The molecule has 9 heteroatoms. The average molecular weight is 560 g/mol. The summed E-state index contributed by atoms with van der Waals surface area (Å²) in [7, 11) is 3.14. The number of nitrogens with zero attached hydrogens (tertiary/aromatic N) is 1. The predicted molar refractivity (Wildman–Crippen MR) is 140 cm³/mol. The van der Waals surface area contributed by atoms with Gasteiger partial charge in [0.25, 0.3) is 5.91 Å². The third-order valence-corrected chi connectivity index (χ3v) is 6.48. The molecule has 0 atom stereocenters. The van der Waals surface area contributed by atoms with Crippen LogP contribution in [-0.2, 0) is 11.4 Å².